The fraction of sp³-hybridized carbons (Fsp3) is 0.571. The van der Waals surface area contributed by atoms with E-state index in [1.54, 1.807) is 23.9 Å². The SMILES string of the molecule is CCS(=O)(=O)CCn1ccnc1N. The summed E-state index contributed by atoms with van der Waals surface area (Å²) in [6.07, 6.45) is 3.22. The molecule has 0 spiro atoms. The average molecular weight is 203 g/mol. The van der Waals surface area contributed by atoms with Gasteiger partial charge < -0.3 is 10.3 Å². The lowest BCUT2D eigenvalue weighted by atomic mass is 10.7. The number of nitrogens with two attached hydrogens (primary N) is 1. The second kappa shape index (κ2) is 3.78. The fourth-order valence-electron chi connectivity index (χ4n) is 0.912. The second-order valence-electron chi connectivity index (χ2n) is 2.72. The number of imidazole rings is 1. The maximum Gasteiger partial charge on any atom is 0.200 e. The Hall–Kier alpha value is -1.04. The molecule has 1 heterocycles. The third-order valence-corrected chi connectivity index (χ3v) is 3.51. The minimum Gasteiger partial charge on any atom is -0.369 e. The number of anilines is 1. The van der Waals surface area contributed by atoms with Gasteiger partial charge in [-0.25, -0.2) is 13.4 Å². The number of aryl methyl sites for hydroxylation is 1. The molecule has 0 amide bonds. The van der Waals surface area contributed by atoms with Crippen molar-refractivity contribution < 1.29 is 8.42 Å². The zero-order valence-electron chi connectivity index (χ0n) is 7.47. The quantitative estimate of drug-likeness (QED) is 0.741. The molecule has 0 saturated carbocycles. The van der Waals surface area contributed by atoms with Crippen LogP contribution in [-0.2, 0) is 16.4 Å². The van der Waals surface area contributed by atoms with Gasteiger partial charge in [0.2, 0.25) is 0 Å². The van der Waals surface area contributed by atoms with Crippen LogP contribution in [0.2, 0.25) is 0 Å². The predicted molar refractivity (Wildman–Crippen MR) is 51.0 cm³/mol. The summed E-state index contributed by atoms with van der Waals surface area (Å²) in [6.45, 7) is 2.01. The first-order chi connectivity index (χ1) is 6.05. The molecular weight excluding hydrogens is 190 g/mol. The molecule has 0 bridgehead atoms. The molecule has 0 unspecified atom stereocenters. The number of nitrogens with zero attached hydrogens (tertiary/aromatic N) is 2. The number of nitrogen functional groups attached to an aromatic ring is 1. The van der Waals surface area contributed by atoms with E-state index in [9.17, 15) is 8.42 Å². The van der Waals surface area contributed by atoms with Crippen molar-refractivity contribution in [3.63, 3.8) is 0 Å². The van der Waals surface area contributed by atoms with E-state index in [-0.39, 0.29) is 11.5 Å². The molecule has 0 aliphatic carbocycles. The lowest BCUT2D eigenvalue weighted by Gasteiger charge is -2.03. The molecule has 0 aromatic carbocycles. The molecule has 0 saturated heterocycles. The average Bonchev–Trinajstić information content (AvgIpc) is 2.48. The van der Waals surface area contributed by atoms with Crippen molar-refractivity contribution in [3.05, 3.63) is 12.4 Å². The Kier molecular flexibility index (Phi) is 2.92. The highest BCUT2D eigenvalue weighted by atomic mass is 32.2. The van der Waals surface area contributed by atoms with E-state index in [0.717, 1.165) is 0 Å². The Morgan fingerprint density at radius 3 is 2.77 bits per heavy atom. The van der Waals surface area contributed by atoms with E-state index in [1.807, 2.05) is 0 Å². The van der Waals surface area contributed by atoms with Gasteiger partial charge in [0.25, 0.3) is 0 Å². The molecule has 13 heavy (non-hydrogen) atoms. The van der Waals surface area contributed by atoms with Crippen molar-refractivity contribution in [2.75, 3.05) is 17.2 Å². The summed E-state index contributed by atoms with van der Waals surface area (Å²) in [5.74, 6) is 0.636. The minimum absolute atomic E-state index is 0.115. The largest absolute Gasteiger partial charge is 0.369 e. The summed E-state index contributed by atoms with van der Waals surface area (Å²) in [6, 6.07) is 0. The number of sulfone groups is 1. The van der Waals surface area contributed by atoms with E-state index in [1.165, 1.54) is 0 Å². The summed E-state index contributed by atoms with van der Waals surface area (Å²) < 4.78 is 23.9. The highest BCUT2D eigenvalue weighted by Gasteiger charge is 2.07. The molecule has 0 fully saturated rings. The topological polar surface area (TPSA) is 78.0 Å². The number of hydrogen-bond donors (Lipinski definition) is 1. The Morgan fingerprint density at radius 2 is 2.31 bits per heavy atom. The molecule has 6 heteroatoms. The van der Waals surface area contributed by atoms with Crippen molar-refractivity contribution >= 4 is 15.8 Å². The molecule has 74 valence electrons. The van der Waals surface area contributed by atoms with Gasteiger partial charge in [-0.2, -0.15) is 0 Å². The van der Waals surface area contributed by atoms with Crippen LogP contribution in [0.4, 0.5) is 5.95 Å². The van der Waals surface area contributed by atoms with Crippen LogP contribution in [-0.4, -0.2) is 29.5 Å². The smallest absolute Gasteiger partial charge is 0.200 e. The van der Waals surface area contributed by atoms with Crippen molar-refractivity contribution in [2.24, 2.45) is 0 Å². The maximum atomic E-state index is 11.1. The third kappa shape index (κ3) is 2.73. The van der Waals surface area contributed by atoms with E-state index in [4.69, 9.17) is 5.73 Å². The summed E-state index contributed by atoms with van der Waals surface area (Å²) in [5, 5.41) is 0. The molecule has 5 nitrogen and oxygen atoms in total. The summed E-state index contributed by atoms with van der Waals surface area (Å²) in [5.41, 5.74) is 5.47. The highest BCUT2D eigenvalue weighted by molar-refractivity contribution is 7.91. The van der Waals surface area contributed by atoms with Gasteiger partial charge in [-0.05, 0) is 0 Å². The monoisotopic (exact) mass is 203 g/mol. The summed E-state index contributed by atoms with van der Waals surface area (Å²) in [4.78, 5) is 3.79. The summed E-state index contributed by atoms with van der Waals surface area (Å²) in [7, 11) is -2.92. The van der Waals surface area contributed by atoms with Gasteiger partial charge in [0.1, 0.15) is 0 Å². The molecule has 0 aliphatic rings. The molecule has 0 aliphatic heterocycles. The van der Waals surface area contributed by atoms with E-state index >= 15 is 0 Å². The van der Waals surface area contributed by atoms with Crippen LogP contribution in [0.3, 0.4) is 0 Å². The minimum atomic E-state index is -2.92. The third-order valence-electron chi connectivity index (χ3n) is 1.83. The Balaban J connectivity index is 2.58. The standard InChI is InChI=1S/C7H13N3O2S/c1-2-13(11,12)6-5-10-4-3-9-7(10)8/h3-4H,2,5-6H2,1H3,(H2,8,9). The first-order valence-corrected chi connectivity index (χ1v) is 5.84. The zero-order chi connectivity index (χ0) is 9.90. The van der Waals surface area contributed by atoms with E-state index < -0.39 is 9.84 Å². The van der Waals surface area contributed by atoms with Gasteiger partial charge in [0.15, 0.2) is 15.8 Å². The van der Waals surface area contributed by atoms with Crippen molar-refractivity contribution in [1.29, 1.82) is 0 Å². The molecule has 1 aromatic rings. The van der Waals surface area contributed by atoms with Gasteiger partial charge in [-0.3, -0.25) is 0 Å². The first kappa shape index (κ1) is 10.0. The van der Waals surface area contributed by atoms with E-state index in [0.29, 0.717) is 12.5 Å². The fourth-order valence-corrected chi connectivity index (χ4v) is 1.68. The van der Waals surface area contributed by atoms with Crippen LogP contribution in [0, 0.1) is 0 Å². The lowest BCUT2D eigenvalue weighted by Crippen LogP contribution is -2.15. The van der Waals surface area contributed by atoms with Gasteiger partial charge >= 0.3 is 0 Å². The van der Waals surface area contributed by atoms with Crippen LogP contribution in [0.25, 0.3) is 0 Å². The molecule has 1 rings (SSSR count). The van der Waals surface area contributed by atoms with Crippen LogP contribution in [0.5, 0.6) is 0 Å². The molecule has 0 atom stereocenters. The molecule has 1 aromatic heterocycles. The summed E-state index contributed by atoms with van der Waals surface area (Å²) >= 11 is 0. The Morgan fingerprint density at radius 1 is 1.62 bits per heavy atom. The Bertz CT molecular complexity index is 369. The highest BCUT2D eigenvalue weighted by Crippen LogP contribution is 2.00. The van der Waals surface area contributed by atoms with Crippen LogP contribution < -0.4 is 5.73 Å². The van der Waals surface area contributed by atoms with Gasteiger partial charge in [-0.15, -0.1) is 0 Å². The predicted octanol–water partition coefficient (Wildman–Crippen LogP) is -0.100. The van der Waals surface area contributed by atoms with Crippen LogP contribution in [0.1, 0.15) is 6.92 Å². The molecule has 0 radical (unpaired) electrons. The zero-order valence-corrected chi connectivity index (χ0v) is 8.29. The van der Waals surface area contributed by atoms with Gasteiger partial charge in [-0.1, -0.05) is 6.92 Å². The normalized spacial score (nSPS) is 11.8. The van der Waals surface area contributed by atoms with Gasteiger partial charge in [0.05, 0.1) is 5.75 Å². The number of hydrogen-bond acceptors (Lipinski definition) is 4. The van der Waals surface area contributed by atoms with Crippen molar-refractivity contribution in [3.8, 4) is 0 Å². The maximum absolute atomic E-state index is 11.1. The Labute approximate surface area is 77.5 Å². The van der Waals surface area contributed by atoms with Gasteiger partial charge in [0, 0.05) is 24.7 Å². The second-order valence-corrected chi connectivity index (χ2v) is 5.19. The van der Waals surface area contributed by atoms with Crippen LogP contribution >= 0.6 is 0 Å². The van der Waals surface area contributed by atoms with Crippen molar-refractivity contribution in [1.82, 2.24) is 9.55 Å². The molecular formula is C7H13N3O2S. The van der Waals surface area contributed by atoms with Crippen LogP contribution in [0.15, 0.2) is 12.4 Å². The molecule has 2 N–H and O–H groups in total. The first-order valence-electron chi connectivity index (χ1n) is 4.02. The number of rotatable bonds is 4. The lowest BCUT2D eigenvalue weighted by molar-refractivity contribution is 0.590. The van der Waals surface area contributed by atoms with Crippen molar-refractivity contribution in [2.45, 2.75) is 13.5 Å². The van der Waals surface area contributed by atoms with E-state index in [2.05, 4.69) is 4.98 Å². The number of aromatic nitrogens is 2.